The first-order valence-corrected chi connectivity index (χ1v) is 13.0. The number of ether oxygens (including phenoxy) is 1. The molecule has 8 heteroatoms. The molecule has 0 bridgehead atoms. The van der Waals surface area contributed by atoms with Crippen LogP contribution in [0, 0.1) is 0 Å². The van der Waals surface area contributed by atoms with E-state index in [1.807, 2.05) is 72.8 Å². The molecule has 4 aromatic rings. The van der Waals surface area contributed by atoms with Crippen LogP contribution in [0.4, 0.5) is 0 Å². The number of para-hydroxylation sites is 1. The lowest BCUT2D eigenvalue weighted by molar-refractivity contribution is -0.130. The van der Waals surface area contributed by atoms with Crippen molar-refractivity contribution in [3.63, 3.8) is 0 Å². The molecule has 0 fully saturated rings. The number of thioether (sulfide) groups is 1. The zero-order valence-corrected chi connectivity index (χ0v) is 21.0. The Morgan fingerprint density at radius 2 is 1.88 bits per heavy atom. The monoisotopic (exact) mass is 537 g/mol. The number of halogens is 1. The van der Waals surface area contributed by atoms with Crippen LogP contribution in [0.3, 0.4) is 0 Å². The molecule has 0 unspecified atom stereocenters. The van der Waals surface area contributed by atoms with Gasteiger partial charge in [0.05, 0.1) is 34.8 Å². The Balaban J connectivity index is 1.39. The van der Waals surface area contributed by atoms with Gasteiger partial charge in [-0.05, 0) is 47.5 Å². The van der Waals surface area contributed by atoms with Crippen LogP contribution in [-0.4, -0.2) is 34.5 Å². The van der Waals surface area contributed by atoms with Gasteiger partial charge in [-0.15, -0.1) is 11.3 Å². The highest BCUT2D eigenvalue weighted by molar-refractivity contribution is 9.10. The first-order chi connectivity index (χ1) is 16.1. The molecule has 1 atom stereocenters. The molecule has 5 nitrogen and oxygen atoms in total. The number of aromatic nitrogens is 1. The van der Waals surface area contributed by atoms with Crippen LogP contribution in [0.15, 0.2) is 86.7 Å². The van der Waals surface area contributed by atoms with E-state index in [0.29, 0.717) is 6.42 Å². The summed E-state index contributed by atoms with van der Waals surface area (Å²) >= 11 is 6.56. The molecule has 166 valence electrons. The van der Waals surface area contributed by atoms with E-state index in [1.165, 1.54) is 11.8 Å². The van der Waals surface area contributed by atoms with Gasteiger partial charge in [-0.3, -0.25) is 4.79 Å². The van der Waals surface area contributed by atoms with Crippen LogP contribution in [0.25, 0.3) is 10.2 Å². The number of hydrogen-bond acceptors (Lipinski definition) is 6. The number of rotatable bonds is 6. The van der Waals surface area contributed by atoms with Crippen molar-refractivity contribution in [1.29, 1.82) is 0 Å². The second kappa shape index (κ2) is 9.67. The van der Waals surface area contributed by atoms with Gasteiger partial charge < -0.3 is 4.74 Å². The Morgan fingerprint density at radius 1 is 1.12 bits per heavy atom. The van der Waals surface area contributed by atoms with Gasteiger partial charge in [0.1, 0.15) is 5.75 Å². The second-order valence-electron chi connectivity index (χ2n) is 7.52. The van der Waals surface area contributed by atoms with Gasteiger partial charge in [0.15, 0.2) is 4.34 Å². The van der Waals surface area contributed by atoms with E-state index in [1.54, 1.807) is 23.5 Å². The van der Waals surface area contributed by atoms with Gasteiger partial charge in [-0.1, -0.05) is 64.1 Å². The minimum atomic E-state index is -0.155. The van der Waals surface area contributed by atoms with Gasteiger partial charge in [0, 0.05) is 10.9 Å². The topological polar surface area (TPSA) is 54.8 Å². The smallest absolute Gasteiger partial charge is 0.253 e. The largest absolute Gasteiger partial charge is 0.497 e. The molecule has 3 aromatic carbocycles. The van der Waals surface area contributed by atoms with Crippen molar-refractivity contribution in [3.05, 3.63) is 88.4 Å². The Labute approximate surface area is 208 Å². The van der Waals surface area contributed by atoms with Crippen LogP contribution < -0.4 is 4.74 Å². The summed E-state index contributed by atoms with van der Waals surface area (Å²) in [5.74, 6) is 1.03. The summed E-state index contributed by atoms with van der Waals surface area (Å²) in [5.41, 5.74) is 3.92. The third-order valence-electron chi connectivity index (χ3n) is 5.44. The zero-order valence-electron chi connectivity index (χ0n) is 17.8. The van der Waals surface area contributed by atoms with E-state index in [2.05, 4.69) is 20.9 Å². The number of carbonyl (C=O) groups excluding carboxylic acids is 1. The van der Waals surface area contributed by atoms with E-state index in [9.17, 15) is 4.79 Å². The lowest BCUT2D eigenvalue weighted by Gasteiger charge is -2.22. The first-order valence-electron chi connectivity index (χ1n) is 10.4. The van der Waals surface area contributed by atoms with Crippen molar-refractivity contribution < 1.29 is 9.53 Å². The maximum atomic E-state index is 13.3. The van der Waals surface area contributed by atoms with E-state index in [-0.39, 0.29) is 17.7 Å². The third kappa shape index (κ3) is 4.83. The minimum absolute atomic E-state index is 0.0350. The zero-order chi connectivity index (χ0) is 22.8. The van der Waals surface area contributed by atoms with Crippen LogP contribution in [0.2, 0.25) is 0 Å². The predicted octanol–water partition coefficient (Wildman–Crippen LogP) is 6.54. The number of nitrogens with zero attached hydrogens (tertiary/aromatic N) is 3. The molecule has 0 N–H and O–H groups in total. The summed E-state index contributed by atoms with van der Waals surface area (Å²) in [6, 6.07) is 23.8. The van der Waals surface area contributed by atoms with Crippen molar-refractivity contribution in [2.45, 2.75) is 16.8 Å². The molecule has 1 aliphatic rings. The quantitative estimate of drug-likeness (QED) is 0.262. The van der Waals surface area contributed by atoms with E-state index < -0.39 is 0 Å². The number of carbonyl (C=O) groups is 1. The highest BCUT2D eigenvalue weighted by Crippen LogP contribution is 2.35. The van der Waals surface area contributed by atoms with Gasteiger partial charge in [0.2, 0.25) is 0 Å². The average molecular weight is 538 g/mol. The summed E-state index contributed by atoms with van der Waals surface area (Å²) in [7, 11) is 1.65. The van der Waals surface area contributed by atoms with E-state index in [4.69, 9.17) is 9.84 Å². The lowest BCUT2D eigenvalue weighted by Crippen LogP contribution is -2.28. The third-order valence-corrected chi connectivity index (χ3v) is 8.13. The van der Waals surface area contributed by atoms with Crippen LogP contribution >= 0.6 is 39.0 Å². The molecule has 1 aliphatic heterocycles. The van der Waals surface area contributed by atoms with E-state index in [0.717, 1.165) is 41.6 Å². The van der Waals surface area contributed by atoms with Crippen LogP contribution in [0.5, 0.6) is 5.75 Å². The fourth-order valence-electron chi connectivity index (χ4n) is 3.75. The summed E-state index contributed by atoms with van der Waals surface area (Å²) < 4.78 is 8.32. The molecule has 33 heavy (non-hydrogen) atoms. The SMILES string of the molecule is COc1ccc([C@@H]2CC(c3ccc(Br)cc3)=NN2C(=O)CSc2nc3ccccc3s2)cc1. The molecule has 0 spiro atoms. The van der Waals surface area contributed by atoms with E-state index >= 15 is 0 Å². The fraction of sp³-hybridized carbons (Fsp3) is 0.160. The minimum Gasteiger partial charge on any atom is -0.497 e. The molecule has 1 amide bonds. The lowest BCUT2D eigenvalue weighted by atomic mass is 9.98. The molecule has 0 saturated carbocycles. The predicted molar refractivity (Wildman–Crippen MR) is 138 cm³/mol. The normalized spacial score (nSPS) is 15.6. The first kappa shape index (κ1) is 22.1. The standard InChI is InChI=1S/C25H20BrN3O2S2/c1-31-19-12-8-17(9-13-19)22-14-21(16-6-10-18(26)11-7-16)28-29(22)24(30)15-32-25-27-20-4-2-3-5-23(20)33-25/h2-13,22H,14-15H2,1H3/t22-/m0/s1. The van der Waals surface area contributed by atoms with Gasteiger partial charge >= 0.3 is 0 Å². The Morgan fingerprint density at radius 3 is 2.61 bits per heavy atom. The molecule has 2 heterocycles. The van der Waals surface area contributed by atoms with Crippen LogP contribution in [-0.2, 0) is 4.79 Å². The van der Waals surface area contributed by atoms with Crippen molar-refractivity contribution >= 4 is 60.9 Å². The second-order valence-corrected chi connectivity index (χ2v) is 10.7. The molecule has 5 rings (SSSR count). The maximum absolute atomic E-state index is 13.3. The van der Waals surface area contributed by atoms with Gasteiger partial charge in [-0.2, -0.15) is 5.10 Å². The Kier molecular flexibility index (Phi) is 6.48. The Hall–Kier alpha value is -2.68. The molecule has 0 aliphatic carbocycles. The fourth-order valence-corrected chi connectivity index (χ4v) is 5.93. The highest BCUT2D eigenvalue weighted by Gasteiger charge is 2.33. The highest BCUT2D eigenvalue weighted by atomic mass is 79.9. The maximum Gasteiger partial charge on any atom is 0.253 e. The molecule has 1 aromatic heterocycles. The molecule has 0 radical (unpaired) electrons. The molecular formula is C25H20BrN3O2S2. The number of hydrazone groups is 1. The summed E-state index contributed by atoms with van der Waals surface area (Å²) in [5, 5.41) is 6.41. The molecular weight excluding hydrogens is 518 g/mol. The molecule has 0 saturated heterocycles. The summed E-state index contributed by atoms with van der Waals surface area (Å²) in [6.07, 6.45) is 0.658. The number of fused-ring (bicyclic) bond motifs is 1. The van der Waals surface area contributed by atoms with Crippen molar-refractivity contribution in [2.75, 3.05) is 12.9 Å². The summed E-state index contributed by atoms with van der Waals surface area (Å²) in [4.78, 5) is 17.9. The van der Waals surface area contributed by atoms with Crippen molar-refractivity contribution in [2.24, 2.45) is 5.10 Å². The van der Waals surface area contributed by atoms with Crippen molar-refractivity contribution in [3.8, 4) is 5.75 Å². The summed E-state index contributed by atoms with van der Waals surface area (Å²) in [6.45, 7) is 0. The van der Waals surface area contributed by atoms with Crippen molar-refractivity contribution in [1.82, 2.24) is 9.99 Å². The number of methoxy groups -OCH3 is 1. The Bertz CT molecular complexity index is 1290. The van der Waals surface area contributed by atoms with Gasteiger partial charge in [-0.25, -0.2) is 9.99 Å². The number of hydrogen-bond donors (Lipinski definition) is 0. The van der Waals surface area contributed by atoms with Crippen LogP contribution in [0.1, 0.15) is 23.6 Å². The number of benzene rings is 3. The number of amides is 1. The van der Waals surface area contributed by atoms with Gasteiger partial charge in [0.25, 0.3) is 5.91 Å². The average Bonchev–Trinajstić information content (AvgIpc) is 3.48. The number of thiazole rings is 1.